The van der Waals surface area contributed by atoms with E-state index in [1.807, 2.05) is 54.6 Å². The van der Waals surface area contributed by atoms with E-state index in [9.17, 15) is 4.79 Å². The van der Waals surface area contributed by atoms with E-state index < -0.39 is 0 Å². The Morgan fingerprint density at radius 3 is 2.55 bits per heavy atom. The number of para-hydroxylation sites is 2. The van der Waals surface area contributed by atoms with Crippen LogP contribution in [0.4, 0.5) is 4.79 Å². The fourth-order valence-corrected chi connectivity index (χ4v) is 3.54. The minimum Gasteiger partial charge on any atom is -0.486 e. The molecule has 2 aromatic carbocycles. The van der Waals surface area contributed by atoms with Crippen LogP contribution in [-0.2, 0) is 4.74 Å². The van der Waals surface area contributed by atoms with Gasteiger partial charge >= 0.3 is 6.03 Å². The van der Waals surface area contributed by atoms with Crippen molar-refractivity contribution in [1.29, 1.82) is 0 Å². The van der Waals surface area contributed by atoms with Gasteiger partial charge in [-0.3, -0.25) is 4.90 Å². The topological polar surface area (TPSA) is 72.1 Å². The molecule has 0 aliphatic carbocycles. The van der Waals surface area contributed by atoms with Gasteiger partial charge in [0, 0.05) is 19.6 Å². The van der Waals surface area contributed by atoms with Crippen molar-refractivity contribution in [2.24, 2.45) is 0 Å². The van der Waals surface area contributed by atoms with Gasteiger partial charge in [0.15, 0.2) is 17.6 Å². The van der Waals surface area contributed by atoms with E-state index in [2.05, 4.69) is 15.5 Å². The molecular formula is C22H27N3O4. The lowest BCUT2D eigenvalue weighted by Crippen LogP contribution is -2.48. The molecule has 29 heavy (non-hydrogen) atoms. The number of morpholine rings is 1. The molecule has 0 saturated carbocycles. The van der Waals surface area contributed by atoms with Crippen LogP contribution in [0.3, 0.4) is 0 Å². The first-order valence-electron chi connectivity index (χ1n) is 10.1. The zero-order valence-corrected chi connectivity index (χ0v) is 16.4. The van der Waals surface area contributed by atoms with E-state index in [-0.39, 0.29) is 18.2 Å². The van der Waals surface area contributed by atoms with Gasteiger partial charge in [0.25, 0.3) is 0 Å². The molecule has 7 heteroatoms. The van der Waals surface area contributed by atoms with Crippen LogP contribution in [-0.4, -0.2) is 63.0 Å². The molecule has 4 rings (SSSR count). The lowest BCUT2D eigenvalue weighted by Gasteiger charge is -2.31. The Balaban J connectivity index is 1.31. The Bertz CT molecular complexity index is 796. The molecule has 1 saturated heterocycles. The molecule has 0 aromatic heterocycles. The van der Waals surface area contributed by atoms with Crippen molar-refractivity contribution in [2.75, 3.05) is 46.0 Å². The second kappa shape index (κ2) is 9.62. The highest BCUT2D eigenvalue weighted by atomic mass is 16.6. The predicted octanol–water partition coefficient (Wildman–Crippen LogP) is 2.20. The molecular weight excluding hydrogens is 370 g/mol. The van der Waals surface area contributed by atoms with Crippen LogP contribution in [0.1, 0.15) is 11.6 Å². The summed E-state index contributed by atoms with van der Waals surface area (Å²) in [5, 5.41) is 6.03. The maximum Gasteiger partial charge on any atom is 0.315 e. The first-order valence-corrected chi connectivity index (χ1v) is 10.1. The van der Waals surface area contributed by atoms with E-state index in [4.69, 9.17) is 14.2 Å². The molecule has 2 atom stereocenters. The van der Waals surface area contributed by atoms with E-state index in [1.54, 1.807) is 0 Å². The monoisotopic (exact) mass is 397 g/mol. The number of nitrogens with zero attached hydrogens (tertiary/aromatic N) is 1. The third kappa shape index (κ3) is 5.40. The van der Waals surface area contributed by atoms with Gasteiger partial charge in [0.1, 0.15) is 6.61 Å². The predicted molar refractivity (Wildman–Crippen MR) is 109 cm³/mol. The molecule has 0 unspecified atom stereocenters. The Kier molecular flexibility index (Phi) is 6.49. The summed E-state index contributed by atoms with van der Waals surface area (Å²) in [6.07, 6.45) is -0.218. The van der Waals surface area contributed by atoms with E-state index in [0.29, 0.717) is 18.9 Å². The molecule has 0 bridgehead atoms. The van der Waals surface area contributed by atoms with Crippen molar-refractivity contribution in [3.05, 3.63) is 60.2 Å². The number of ether oxygens (including phenoxy) is 3. The summed E-state index contributed by atoms with van der Waals surface area (Å²) in [7, 11) is 0. The van der Waals surface area contributed by atoms with Gasteiger partial charge in [0.2, 0.25) is 0 Å². The summed E-state index contributed by atoms with van der Waals surface area (Å²) in [5.74, 6) is 1.45. The summed E-state index contributed by atoms with van der Waals surface area (Å²) >= 11 is 0. The molecule has 2 aromatic rings. The van der Waals surface area contributed by atoms with E-state index in [0.717, 1.165) is 44.2 Å². The van der Waals surface area contributed by atoms with Gasteiger partial charge < -0.3 is 24.8 Å². The van der Waals surface area contributed by atoms with Gasteiger partial charge in [-0.2, -0.15) is 0 Å². The highest BCUT2D eigenvalue weighted by molar-refractivity contribution is 5.74. The number of rotatable bonds is 6. The second-order valence-corrected chi connectivity index (χ2v) is 7.23. The lowest BCUT2D eigenvalue weighted by molar-refractivity contribution is 0.0339. The van der Waals surface area contributed by atoms with Crippen LogP contribution in [0.2, 0.25) is 0 Å². The Hall–Kier alpha value is -2.77. The maximum atomic E-state index is 12.6. The standard InChI is InChI=1S/C22H27N3O4/c26-22(23-14-18-16-28-20-8-4-5-9-21(20)29-18)24-19(17-6-2-1-3-7-17)15-25-10-12-27-13-11-25/h1-9,18-19H,10-16H2,(H2,23,24,26)/t18-,19-/m1/s1. The lowest BCUT2D eigenvalue weighted by atomic mass is 10.1. The number of amides is 2. The van der Waals surface area contributed by atoms with Gasteiger partial charge in [-0.1, -0.05) is 42.5 Å². The van der Waals surface area contributed by atoms with Gasteiger partial charge in [-0.05, 0) is 17.7 Å². The molecule has 2 aliphatic heterocycles. The van der Waals surface area contributed by atoms with Crippen LogP contribution in [0.5, 0.6) is 11.5 Å². The number of carbonyl (C=O) groups excluding carboxylic acids is 1. The van der Waals surface area contributed by atoms with Crippen molar-refractivity contribution < 1.29 is 19.0 Å². The third-order valence-corrected chi connectivity index (χ3v) is 5.11. The molecule has 1 fully saturated rings. The average Bonchev–Trinajstić information content (AvgIpc) is 2.78. The average molecular weight is 397 g/mol. The molecule has 154 valence electrons. The number of fused-ring (bicyclic) bond motifs is 1. The third-order valence-electron chi connectivity index (χ3n) is 5.11. The highest BCUT2D eigenvalue weighted by Gasteiger charge is 2.23. The maximum absolute atomic E-state index is 12.6. The van der Waals surface area contributed by atoms with Gasteiger partial charge in [0.05, 0.1) is 25.8 Å². The summed E-state index contributed by atoms with van der Waals surface area (Å²) in [5.41, 5.74) is 1.08. The first-order chi connectivity index (χ1) is 14.3. The van der Waals surface area contributed by atoms with Crippen LogP contribution < -0.4 is 20.1 Å². The SMILES string of the molecule is O=C(NC[C@@H]1COc2ccccc2O1)N[C@H](CN1CCOCC1)c1ccccc1. The minimum absolute atomic E-state index is 0.0986. The zero-order chi connectivity index (χ0) is 19.9. The minimum atomic E-state index is -0.218. The van der Waals surface area contributed by atoms with Crippen molar-refractivity contribution in [2.45, 2.75) is 12.1 Å². The summed E-state index contributed by atoms with van der Waals surface area (Å²) in [6, 6.07) is 17.3. The highest BCUT2D eigenvalue weighted by Crippen LogP contribution is 2.30. The number of urea groups is 1. The number of benzene rings is 2. The fraction of sp³-hybridized carbons (Fsp3) is 0.409. The number of nitrogens with one attached hydrogen (secondary N) is 2. The molecule has 2 N–H and O–H groups in total. The number of hydrogen-bond acceptors (Lipinski definition) is 5. The van der Waals surface area contributed by atoms with Gasteiger partial charge in [-0.25, -0.2) is 4.79 Å². The smallest absolute Gasteiger partial charge is 0.315 e. The van der Waals surface area contributed by atoms with Crippen LogP contribution in [0.25, 0.3) is 0 Å². The molecule has 2 amide bonds. The molecule has 2 aliphatic rings. The van der Waals surface area contributed by atoms with Crippen molar-refractivity contribution in [1.82, 2.24) is 15.5 Å². The molecule has 0 spiro atoms. The largest absolute Gasteiger partial charge is 0.486 e. The summed E-state index contributed by atoms with van der Waals surface area (Å²) < 4.78 is 17.0. The molecule has 7 nitrogen and oxygen atoms in total. The summed E-state index contributed by atoms with van der Waals surface area (Å²) in [4.78, 5) is 14.9. The second-order valence-electron chi connectivity index (χ2n) is 7.23. The van der Waals surface area contributed by atoms with Crippen molar-refractivity contribution in [3.63, 3.8) is 0 Å². The van der Waals surface area contributed by atoms with Crippen molar-refractivity contribution in [3.8, 4) is 11.5 Å². The fourth-order valence-electron chi connectivity index (χ4n) is 3.54. The van der Waals surface area contributed by atoms with E-state index in [1.165, 1.54) is 0 Å². The molecule has 2 heterocycles. The Labute approximate surface area is 170 Å². The van der Waals surface area contributed by atoms with Crippen LogP contribution in [0, 0.1) is 0 Å². The Morgan fingerprint density at radius 2 is 1.76 bits per heavy atom. The Morgan fingerprint density at radius 1 is 1.03 bits per heavy atom. The molecule has 0 radical (unpaired) electrons. The quantitative estimate of drug-likeness (QED) is 0.782. The van der Waals surface area contributed by atoms with Gasteiger partial charge in [-0.15, -0.1) is 0 Å². The van der Waals surface area contributed by atoms with Crippen LogP contribution in [0.15, 0.2) is 54.6 Å². The number of hydrogen-bond donors (Lipinski definition) is 2. The number of carbonyl (C=O) groups is 1. The van der Waals surface area contributed by atoms with Crippen molar-refractivity contribution >= 4 is 6.03 Å². The van der Waals surface area contributed by atoms with E-state index >= 15 is 0 Å². The first kappa shape index (κ1) is 19.5. The summed E-state index contributed by atoms with van der Waals surface area (Å²) in [6.45, 7) is 4.74. The zero-order valence-electron chi connectivity index (χ0n) is 16.4. The normalized spacial score (nSPS) is 19.9. The van der Waals surface area contributed by atoms with Crippen LogP contribution >= 0.6 is 0 Å².